The average Bonchev–Trinajstić information content (AvgIpc) is 2.93. The summed E-state index contributed by atoms with van der Waals surface area (Å²) in [4.78, 5) is 27.3. The van der Waals surface area contributed by atoms with E-state index in [1.165, 1.54) is 7.11 Å². The van der Waals surface area contributed by atoms with Gasteiger partial charge in [-0.1, -0.05) is 0 Å². The summed E-state index contributed by atoms with van der Waals surface area (Å²) in [7, 11) is 1.38. The number of esters is 1. The Morgan fingerprint density at radius 1 is 1.46 bits per heavy atom. The van der Waals surface area contributed by atoms with E-state index in [-0.39, 0.29) is 18.6 Å². The van der Waals surface area contributed by atoms with Crippen LogP contribution in [0.15, 0.2) is 18.2 Å². The lowest BCUT2D eigenvalue weighted by atomic mass is 10.0. The van der Waals surface area contributed by atoms with E-state index in [1.54, 1.807) is 26.2 Å². The van der Waals surface area contributed by atoms with Gasteiger partial charge in [-0.3, -0.25) is 9.69 Å². The van der Waals surface area contributed by atoms with Gasteiger partial charge in [0.25, 0.3) is 7.94 Å². The molecule has 3 rings (SSSR count). The summed E-state index contributed by atoms with van der Waals surface area (Å²) in [6.45, 7) is 2.05. The molecule has 0 aromatic heterocycles. The molecular formula is C16H22NO6P. The third-order valence-corrected chi connectivity index (χ3v) is 7.08. The van der Waals surface area contributed by atoms with Gasteiger partial charge in [0.2, 0.25) is 0 Å². The number of rotatable bonds is 4. The highest BCUT2D eigenvalue weighted by molar-refractivity contribution is 7.60. The molecule has 132 valence electrons. The summed E-state index contributed by atoms with van der Waals surface area (Å²) in [5.74, 6) is 0.838. The van der Waals surface area contributed by atoms with Crippen molar-refractivity contribution in [3.8, 4) is 11.5 Å². The molecule has 1 saturated heterocycles. The molecule has 0 saturated carbocycles. The van der Waals surface area contributed by atoms with Gasteiger partial charge in [0, 0.05) is 12.0 Å². The van der Waals surface area contributed by atoms with E-state index in [0.29, 0.717) is 17.9 Å². The van der Waals surface area contributed by atoms with Crippen molar-refractivity contribution in [1.29, 1.82) is 0 Å². The van der Waals surface area contributed by atoms with E-state index in [0.717, 1.165) is 5.56 Å². The van der Waals surface area contributed by atoms with E-state index in [2.05, 4.69) is 0 Å². The molecule has 8 heteroatoms. The lowest BCUT2D eigenvalue weighted by Crippen LogP contribution is -2.39. The minimum absolute atomic E-state index is 0.259. The van der Waals surface area contributed by atoms with E-state index < -0.39 is 19.6 Å². The second-order valence-electron chi connectivity index (χ2n) is 5.90. The molecule has 24 heavy (non-hydrogen) atoms. The van der Waals surface area contributed by atoms with Crippen LogP contribution in [-0.4, -0.2) is 50.4 Å². The quantitative estimate of drug-likeness (QED) is 0.598. The van der Waals surface area contributed by atoms with Gasteiger partial charge in [-0.05, 0) is 32.2 Å². The predicted octanol–water partition coefficient (Wildman–Crippen LogP) is 1.53. The van der Waals surface area contributed by atoms with Crippen LogP contribution in [0, 0.1) is 0 Å². The van der Waals surface area contributed by atoms with Gasteiger partial charge in [0.1, 0.15) is 17.5 Å². The standard InChI is InChI=1S/C16H22NO6P/c1-5-22-24(19)14-9-12(16(18)21-4)17(2)15(14)11-8-10(20-3)6-7-13(11)23-24/h6-8,12,14-15H,5,9H2,1-4H3/t12-,14+,15+,24?/m1/s1. The molecule has 0 spiro atoms. The molecule has 2 aliphatic heterocycles. The number of likely N-dealkylation sites (tertiary alicyclic amines) is 1. The molecule has 0 N–H and O–H groups in total. The fourth-order valence-corrected chi connectivity index (χ4v) is 5.95. The molecule has 1 unspecified atom stereocenters. The third-order valence-electron chi connectivity index (χ3n) is 4.71. The summed E-state index contributed by atoms with van der Waals surface area (Å²) in [6, 6.07) is 4.60. The number of methoxy groups -OCH3 is 2. The van der Waals surface area contributed by atoms with Crippen molar-refractivity contribution < 1.29 is 28.2 Å². The first-order valence-corrected chi connectivity index (χ1v) is 9.48. The van der Waals surface area contributed by atoms with Gasteiger partial charge < -0.3 is 18.9 Å². The molecule has 2 aliphatic rings. The molecule has 4 atom stereocenters. The number of hydrogen-bond acceptors (Lipinski definition) is 7. The van der Waals surface area contributed by atoms with E-state index in [1.807, 2.05) is 18.0 Å². The summed E-state index contributed by atoms with van der Waals surface area (Å²) >= 11 is 0. The fraction of sp³-hybridized carbons (Fsp3) is 0.562. The van der Waals surface area contributed by atoms with E-state index >= 15 is 0 Å². The molecule has 0 amide bonds. The number of likely N-dealkylation sites (N-methyl/N-ethyl adjacent to an activating group) is 1. The Kier molecular flexibility index (Phi) is 4.71. The zero-order valence-corrected chi connectivity index (χ0v) is 15.1. The average molecular weight is 355 g/mol. The number of ether oxygens (including phenoxy) is 2. The maximum atomic E-state index is 13.3. The zero-order chi connectivity index (χ0) is 17.5. The molecule has 0 radical (unpaired) electrons. The number of fused-ring (bicyclic) bond motifs is 3. The first-order valence-electron chi connectivity index (χ1n) is 7.86. The van der Waals surface area contributed by atoms with Crippen LogP contribution in [0.4, 0.5) is 0 Å². The SMILES string of the molecule is CCO[P+]1([O-])Oc2ccc(OC)cc2[C@H]2[C@@H]1C[C@H](C(=O)OC)N2C. The van der Waals surface area contributed by atoms with Crippen LogP contribution in [0.1, 0.15) is 24.9 Å². The smallest absolute Gasteiger partial charge is 0.323 e. The Bertz CT molecular complexity index is 641. The minimum atomic E-state index is -3.39. The molecule has 0 aliphatic carbocycles. The van der Waals surface area contributed by atoms with Crippen LogP contribution >= 0.6 is 7.94 Å². The van der Waals surface area contributed by atoms with E-state index in [4.69, 9.17) is 18.5 Å². The number of benzene rings is 1. The van der Waals surface area contributed by atoms with Crippen molar-refractivity contribution in [1.82, 2.24) is 4.90 Å². The first kappa shape index (κ1) is 17.4. The van der Waals surface area contributed by atoms with Gasteiger partial charge in [-0.15, -0.1) is 0 Å². The second-order valence-corrected chi connectivity index (χ2v) is 8.09. The minimum Gasteiger partial charge on any atom is -0.624 e. The largest absolute Gasteiger partial charge is 0.624 e. The van der Waals surface area contributed by atoms with Gasteiger partial charge >= 0.3 is 5.97 Å². The number of carbonyl (C=O) groups excluding carboxylic acids is 1. The molecule has 1 fully saturated rings. The zero-order valence-electron chi connectivity index (χ0n) is 14.2. The van der Waals surface area contributed by atoms with Gasteiger partial charge in [-0.25, -0.2) is 4.52 Å². The van der Waals surface area contributed by atoms with Crippen molar-refractivity contribution in [3.05, 3.63) is 23.8 Å². The summed E-state index contributed by atoms with van der Waals surface area (Å²) in [5.41, 5.74) is 0.422. The van der Waals surface area contributed by atoms with Crippen LogP contribution in [0.2, 0.25) is 0 Å². The monoisotopic (exact) mass is 355 g/mol. The van der Waals surface area contributed by atoms with Crippen LogP contribution < -0.4 is 14.2 Å². The molecule has 1 aromatic carbocycles. The maximum absolute atomic E-state index is 13.3. The molecular weight excluding hydrogens is 333 g/mol. The Morgan fingerprint density at radius 3 is 2.83 bits per heavy atom. The van der Waals surface area contributed by atoms with Crippen LogP contribution in [-0.2, 0) is 14.1 Å². The maximum Gasteiger partial charge on any atom is 0.323 e. The van der Waals surface area contributed by atoms with Crippen molar-refractivity contribution in [3.63, 3.8) is 0 Å². The lowest BCUT2D eigenvalue weighted by molar-refractivity contribution is -0.215. The third kappa shape index (κ3) is 2.65. The van der Waals surface area contributed by atoms with Crippen LogP contribution in [0.3, 0.4) is 0 Å². The van der Waals surface area contributed by atoms with Crippen molar-refractivity contribution in [2.45, 2.75) is 31.1 Å². The van der Waals surface area contributed by atoms with Crippen LogP contribution in [0.25, 0.3) is 0 Å². The molecule has 7 nitrogen and oxygen atoms in total. The normalized spacial score (nSPS) is 31.8. The number of hydrogen-bond donors (Lipinski definition) is 0. The molecule has 2 heterocycles. The predicted molar refractivity (Wildman–Crippen MR) is 86.9 cm³/mol. The fourth-order valence-electron chi connectivity index (χ4n) is 3.59. The summed E-state index contributed by atoms with van der Waals surface area (Å²) < 4.78 is 21.5. The Balaban J connectivity index is 2.08. The highest BCUT2D eigenvalue weighted by Crippen LogP contribution is 2.69. The number of carbonyl (C=O) groups is 1. The van der Waals surface area contributed by atoms with Crippen molar-refractivity contribution in [2.24, 2.45) is 0 Å². The first-order chi connectivity index (χ1) is 11.4. The van der Waals surface area contributed by atoms with Gasteiger partial charge in [0.05, 0.1) is 26.9 Å². The van der Waals surface area contributed by atoms with Gasteiger partial charge in [0.15, 0.2) is 5.75 Å². The molecule has 1 aromatic rings. The Labute approximate surface area is 142 Å². The van der Waals surface area contributed by atoms with Gasteiger partial charge in [-0.2, -0.15) is 0 Å². The lowest BCUT2D eigenvalue weighted by Gasteiger charge is -2.40. The number of nitrogens with zero attached hydrogens (tertiary/aromatic N) is 1. The second kappa shape index (κ2) is 6.48. The van der Waals surface area contributed by atoms with Crippen molar-refractivity contribution >= 4 is 13.9 Å². The van der Waals surface area contributed by atoms with Crippen molar-refractivity contribution in [2.75, 3.05) is 27.9 Å². The summed E-state index contributed by atoms with van der Waals surface area (Å²) in [5, 5.41) is 0. The topological polar surface area (TPSA) is 80.3 Å². The highest BCUT2D eigenvalue weighted by Gasteiger charge is 2.60. The molecule has 0 bridgehead atoms. The Hall–Kier alpha value is -1.40. The van der Waals surface area contributed by atoms with Crippen LogP contribution in [0.5, 0.6) is 11.5 Å². The highest BCUT2D eigenvalue weighted by atomic mass is 31.2. The van der Waals surface area contributed by atoms with E-state index in [9.17, 15) is 9.69 Å². The Morgan fingerprint density at radius 2 is 2.21 bits per heavy atom. The summed E-state index contributed by atoms with van der Waals surface area (Å²) in [6.07, 6.45) is 0.363.